The second kappa shape index (κ2) is 6.30. The molecule has 1 aliphatic carbocycles. The number of nitrogens with zero attached hydrogens (tertiary/aromatic N) is 5. The van der Waals surface area contributed by atoms with Crippen LogP contribution in [0, 0.1) is 6.92 Å². The van der Waals surface area contributed by atoms with Crippen molar-refractivity contribution >= 4 is 34.0 Å². The highest BCUT2D eigenvalue weighted by Crippen LogP contribution is 2.23. The van der Waals surface area contributed by atoms with Gasteiger partial charge in [-0.3, -0.25) is 9.98 Å². The molecule has 0 atom stereocenters. The number of imidazole rings is 1. The van der Waals surface area contributed by atoms with Gasteiger partial charge in [0, 0.05) is 22.4 Å². The van der Waals surface area contributed by atoms with Crippen LogP contribution in [-0.2, 0) is 0 Å². The number of aromatic hydroxyl groups is 1. The van der Waals surface area contributed by atoms with Gasteiger partial charge in [0.25, 0.3) is 0 Å². The van der Waals surface area contributed by atoms with E-state index in [0.717, 1.165) is 22.9 Å². The highest BCUT2D eigenvalue weighted by atomic mass is 32.1. The maximum absolute atomic E-state index is 11.4. The predicted molar refractivity (Wildman–Crippen MR) is 104 cm³/mol. The Hall–Kier alpha value is -3.47. The highest BCUT2D eigenvalue weighted by Gasteiger charge is 2.20. The van der Waals surface area contributed by atoms with Crippen LogP contribution in [0.4, 0.5) is 10.9 Å². The molecular formula is C17H16N8O2S. The van der Waals surface area contributed by atoms with Crippen LogP contribution in [0.1, 0.15) is 23.4 Å². The number of fused-ring (bicyclic) bond motifs is 1. The molecule has 0 bridgehead atoms. The fourth-order valence-corrected chi connectivity index (χ4v) is 3.45. The number of H-pyrrole nitrogens is 2. The number of hydrogen-bond acceptors (Lipinski definition) is 8. The van der Waals surface area contributed by atoms with Gasteiger partial charge >= 0.3 is 5.69 Å². The van der Waals surface area contributed by atoms with Crippen molar-refractivity contribution in [2.24, 2.45) is 4.99 Å². The molecule has 10 nitrogen and oxygen atoms in total. The van der Waals surface area contributed by atoms with E-state index in [9.17, 15) is 9.90 Å². The average molecular weight is 396 g/mol. The molecule has 4 heterocycles. The minimum atomic E-state index is -0.487. The lowest BCUT2D eigenvalue weighted by Crippen LogP contribution is -2.19. The van der Waals surface area contributed by atoms with Crippen molar-refractivity contribution in [3.8, 4) is 5.88 Å². The van der Waals surface area contributed by atoms with Crippen molar-refractivity contribution in [1.29, 1.82) is 0 Å². The first-order valence-electron chi connectivity index (χ1n) is 8.70. The van der Waals surface area contributed by atoms with Gasteiger partial charge in [0.2, 0.25) is 5.88 Å². The normalized spacial score (nSPS) is 15.6. The maximum Gasteiger partial charge on any atom is 0.326 e. The van der Waals surface area contributed by atoms with Gasteiger partial charge in [-0.15, -0.1) is 11.3 Å². The molecular weight excluding hydrogens is 380 g/mol. The van der Waals surface area contributed by atoms with Crippen molar-refractivity contribution in [2.45, 2.75) is 25.8 Å². The second-order valence-electron chi connectivity index (χ2n) is 6.58. The van der Waals surface area contributed by atoms with Crippen LogP contribution in [0.5, 0.6) is 5.88 Å². The molecule has 1 saturated carbocycles. The first-order chi connectivity index (χ1) is 13.5. The van der Waals surface area contributed by atoms with E-state index in [-0.39, 0.29) is 11.6 Å². The summed E-state index contributed by atoms with van der Waals surface area (Å²) in [6, 6.07) is 2.15. The first-order valence-corrected chi connectivity index (χ1v) is 9.52. The van der Waals surface area contributed by atoms with Gasteiger partial charge in [0.1, 0.15) is 11.5 Å². The largest absolute Gasteiger partial charge is 0.493 e. The minimum Gasteiger partial charge on any atom is -0.493 e. The number of aromatic amines is 2. The van der Waals surface area contributed by atoms with E-state index in [1.54, 1.807) is 23.0 Å². The van der Waals surface area contributed by atoms with Gasteiger partial charge in [-0.2, -0.15) is 9.61 Å². The van der Waals surface area contributed by atoms with Crippen LogP contribution >= 0.6 is 11.3 Å². The third-order valence-corrected chi connectivity index (χ3v) is 5.06. The SMILES string of the molecule is Cc1cnc(Nc2cc(=NC3CC3)n3ncc(=Cc4[nH]c(=O)[nH]c4O)c3n2)s1. The number of thiazole rings is 1. The summed E-state index contributed by atoms with van der Waals surface area (Å²) >= 11 is 1.53. The van der Waals surface area contributed by atoms with E-state index in [1.165, 1.54) is 11.3 Å². The van der Waals surface area contributed by atoms with Crippen LogP contribution in [0.3, 0.4) is 0 Å². The van der Waals surface area contributed by atoms with E-state index in [4.69, 9.17) is 4.99 Å². The second-order valence-corrected chi connectivity index (χ2v) is 7.82. The lowest BCUT2D eigenvalue weighted by Gasteiger charge is -2.03. The van der Waals surface area contributed by atoms with E-state index in [1.807, 2.05) is 13.0 Å². The quantitative estimate of drug-likeness (QED) is 0.398. The highest BCUT2D eigenvalue weighted by molar-refractivity contribution is 7.15. The summed E-state index contributed by atoms with van der Waals surface area (Å²) in [6.45, 7) is 1.99. The van der Waals surface area contributed by atoms with E-state index < -0.39 is 5.69 Å². The minimum absolute atomic E-state index is 0.236. The number of aromatic nitrogens is 6. The Balaban J connectivity index is 1.69. The molecule has 0 aliphatic heterocycles. The van der Waals surface area contributed by atoms with Gasteiger partial charge in [0.05, 0.1) is 12.2 Å². The topological polar surface area (TPSA) is 136 Å². The Kier molecular flexibility index (Phi) is 3.76. The molecule has 1 aliphatic rings. The molecule has 0 radical (unpaired) electrons. The lowest BCUT2D eigenvalue weighted by atomic mass is 10.3. The monoisotopic (exact) mass is 396 g/mol. The fourth-order valence-electron chi connectivity index (χ4n) is 2.78. The fraction of sp³-hybridized carbons (Fsp3) is 0.235. The standard InChI is InChI=1S/C17H16N8O2S/c1-8-6-18-17(28-8)23-12-5-13(20-10-2-3-10)25-14(22-12)9(7-19-25)4-11-15(26)24-16(27)21-11/h4-7,10,26H,2-3H2,1H3,(H,18,23)(H2,21,24,27). The van der Waals surface area contributed by atoms with Crippen LogP contribution in [0.15, 0.2) is 28.2 Å². The molecule has 0 unspecified atom stereocenters. The number of anilines is 2. The van der Waals surface area contributed by atoms with Crippen LogP contribution in [-0.4, -0.2) is 40.7 Å². The molecule has 0 saturated heterocycles. The summed E-state index contributed by atoms with van der Waals surface area (Å²) in [7, 11) is 0. The molecule has 28 heavy (non-hydrogen) atoms. The van der Waals surface area contributed by atoms with E-state index in [0.29, 0.717) is 28.2 Å². The number of hydrogen-bond donors (Lipinski definition) is 4. The summed E-state index contributed by atoms with van der Waals surface area (Å²) in [4.78, 5) is 31.0. The van der Waals surface area contributed by atoms with Gasteiger partial charge in [0.15, 0.2) is 16.3 Å². The molecule has 142 valence electrons. The third-order valence-electron chi connectivity index (χ3n) is 4.23. The van der Waals surface area contributed by atoms with Crippen LogP contribution < -0.4 is 21.7 Å². The van der Waals surface area contributed by atoms with Gasteiger partial charge < -0.3 is 15.4 Å². The van der Waals surface area contributed by atoms with Gasteiger partial charge in [-0.1, -0.05) is 0 Å². The Bertz CT molecular complexity index is 1360. The molecule has 0 spiro atoms. The average Bonchev–Trinajstić information content (AvgIpc) is 3.08. The van der Waals surface area contributed by atoms with E-state index >= 15 is 0 Å². The van der Waals surface area contributed by atoms with Gasteiger partial charge in [-0.05, 0) is 25.8 Å². The molecule has 4 N–H and O–H groups in total. The van der Waals surface area contributed by atoms with Crippen molar-refractivity contribution in [3.63, 3.8) is 0 Å². The molecule has 0 amide bonds. The van der Waals surface area contributed by atoms with Gasteiger partial charge in [-0.25, -0.2) is 14.8 Å². The van der Waals surface area contributed by atoms with Crippen molar-refractivity contribution in [3.05, 3.63) is 50.2 Å². The molecule has 4 aromatic heterocycles. The summed E-state index contributed by atoms with van der Waals surface area (Å²) in [6.07, 6.45) is 7.16. The lowest BCUT2D eigenvalue weighted by molar-refractivity contribution is 0.454. The van der Waals surface area contributed by atoms with Crippen LogP contribution in [0.25, 0.3) is 11.7 Å². The third kappa shape index (κ3) is 3.16. The Morgan fingerprint density at radius 1 is 1.39 bits per heavy atom. The number of aryl methyl sites for hydroxylation is 1. The Morgan fingerprint density at radius 3 is 2.93 bits per heavy atom. The summed E-state index contributed by atoms with van der Waals surface area (Å²) < 4.78 is 1.66. The number of rotatable bonds is 4. The molecule has 11 heteroatoms. The smallest absolute Gasteiger partial charge is 0.326 e. The van der Waals surface area contributed by atoms with Crippen molar-refractivity contribution < 1.29 is 5.11 Å². The zero-order chi connectivity index (χ0) is 19.3. The van der Waals surface area contributed by atoms with E-state index in [2.05, 4.69) is 30.4 Å². The Morgan fingerprint density at radius 2 is 2.25 bits per heavy atom. The Labute approximate surface area is 161 Å². The summed E-state index contributed by atoms with van der Waals surface area (Å²) in [5.41, 5.74) is 1.02. The number of nitrogens with one attached hydrogen (secondary N) is 3. The maximum atomic E-state index is 11.4. The van der Waals surface area contributed by atoms with Crippen molar-refractivity contribution in [2.75, 3.05) is 5.32 Å². The predicted octanol–water partition coefficient (Wildman–Crippen LogP) is 0.571. The molecule has 1 fully saturated rings. The first kappa shape index (κ1) is 16.7. The summed E-state index contributed by atoms with van der Waals surface area (Å²) in [5, 5.41) is 18.8. The molecule has 0 aromatic carbocycles. The molecule has 4 aromatic rings. The van der Waals surface area contributed by atoms with Crippen molar-refractivity contribution in [1.82, 2.24) is 29.5 Å². The summed E-state index contributed by atoms with van der Waals surface area (Å²) in [5.74, 6) is 0.364. The zero-order valence-corrected chi connectivity index (χ0v) is 15.6. The van der Waals surface area contributed by atoms with Crippen LogP contribution in [0.2, 0.25) is 0 Å². The zero-order valence-electron chi connectivity index (χ0n) is 14.8. The molecule has 5 rings (SSSR count).